The molecule has 24 heavy (non-hydrogen) atoms. The van der Waals surface area contributed by atoms with Crippen LogP contribution in [0, 0.1) is 6.92 Å². The van der Waals surface area contributed by atoms with Crippen molar-refractivity contribution in [2.75, 3.05) is 25.5 Å². The summed E-state index contributed by atoms with van der Waals surface area (Å²) in [4.78, 5) is 26.4. The van der Waals surface area contributed by atoms with Gasteiger partial charge >= 0.3 is 6.09 Å². The number of alkyl carbamates (subject to hydrolysis) is 1. The minimum absolute atomic E-state index is 0.00122. The van der Waals surface area contributed by atoms with E-state index in [1.807, 2.05) is 32.6 Å². The van der Waals surface area contributed by atoms with Gasteiger partial charge in [-0.05, 0) is 52.1 Å². The van der Waals surface area contributed by atoms with E-state index in [2.05, 4.69) is 15.0 Å². The Morgan fingerprint density at radius 1 is 1.29 bits per heavy atom. The van der Waals surface area contributed by atoms with Gasteiger partial charge in [-0.2, -0.15) is 4.37 Å². The molecule has 0 bridgehead atoms. The maximum atomic E-state index is 12.7. The van der Waals surface area contributed by atoms with Crippen LogP contribution in [0.1, 0.15) is 49.7 Å². The van der Waals surface area contributed by atoms with Crippen molar-refractivity contribution in [2.45, 2.75) is 52.2 Å². The lowest BCUT2D eigenvalue weighted by molar-refractivity contribution is 0.0474. The Balaban J connectivity index is 1.89. The van der Waals surface area contributed by atoms with Crippen LogP contribution in [0.4, 0.5) is 9.80 Å². The van der Waals surface area contributed by atoms with Crippen molar-refractivity contribution >= 4 is 28.5 Å². The summed E-state index contributed by atoms with van der Waals surface area (Å²) in [5.41, 5.74) is 0.901. The van der Waals surface area contributed by atoms with Crippen molar-refractivity contribution in [1.29, 1.82) is 0 Å². The van der Waals surface area contributed by atoms with E-state index in [0.29, 0.717) is 18.7 Å². The predicted molar refractivity (Wildman–Crippen MR) is 94.7 cm³/mol. The number of likely N-dealkylation sites (tertiary alicyclic amines) is 1. The van der Waals surface area contributed by atoms with E-state index in [1.54, 1.807) is 7.05 Å². The lowest BCUT2D eigenvalue weighted by Gasteiger charge is -2.33. The zero-order valence-electron chi connectivity index (χ0n) is 14.9. The summed E-state index contributed by atoms with van der Waals surface area (Å²) >= 11 is 1.30. The van der Waals surface area contributed by atoms with Crippen LogP contribution in [-0.2, 0) is 4.74 Å². The molecule has 2 heterocycles. The molecule has 0 spiro atoms. The highest BCUT2D eigenvalue weighted by Gasteiger charge is 2.29. The summed E-state index contributed by atoms with van der Waals surface area (Å²) in [6, 6.07) is 0.0365. The van der Waals surface area contributed by atoms with Crippen LogP contribution in [0.3, 0.4) is 0 Å². The second kappa shape index (κ2) is 7.38. The fourth-order valence-corrected chi connectivity index (χ4v) is 3.39. The molecule has 1 fully saturated rings. The molecule has 134 valence electrons. The van der Waals surface area contributed by atoms with E-state index in [4.69, 9.17) is 4.74 Å². The molecular weight excluding hydrogens is 328 g/mol. The number of hydrogen-bond donors (Lipinski definition) is 2. The first-order valence-corrected chi connectivity index (χ1v) is 8.91. The van der Waals surface area contributed by atoms with Gasteiger partial charge in [0.15, 0.2) is 0 Å². The van der Waals surface area contributed by atoms with Crippen molar-refractivity contribution in [2.24, 2.45) is 0 Å². The monoisotopic (exact) mass is 354 g/mol. The Labute approximate surface area is 146 Å². The first-order chi connectivity index (χ1) is 11.2. The molecule has 2 N–H and O–H groups in total. The summed E-state index contributed by atoms with van der Waals surface area (Å²) in [6.07, 6.45) is 1.04. The molecule has 2 amide bonds. The number of carbonyl (C=O) groups excluding carboxylic acids is 2. The Hall–Kier alpha value is -1.83. The number of anilines is 1. The number of nitrogens with one attached hydrogen (secondary N) is 2. The third-order valence-corrected chi connectivity index (χ3v) is 4.76. The molecule has 2 rings (SSSR count). The summed E-state index contributed by atoms with van der Waals surface area (Å²) in [5, 5.41) is 6.71. The molecule has 0 unspecified atom stereocenters. The highest BCUT2D eigenvalue weighted by molar-refractivity contribution is 7.10. The van der Waals surface area contributed by atoms with Crippen molar-refractivity contribution in [3.63, 3.8) is 0 Å². The fourth-order valence-electron chi connectivity index (χ4n) is 2.65. The molecule has 0 aliphatic carbocycles. The summed E-state index contributed by atoms with van der Waals surface area (Å²) < 4.78 is 9.52. The standard InChI is InChI=1S/C16H26N4O3S/c1-10-12(13(17-5)24-19-10)14(21)20-8-6-11(7-9-20)18-15(22)23-16(2,3)4/h11,17H,6-9H2,1-5H3,(H,18,22). The molecule has 1 aliphatic rings. The molecular formula is C16H26N4O3S. The number of rotatable bonds is 3. The van der Waals surface area contributed by atoms with Crippen LogP contribution in [0.25, 0.3) is 0 Å². The third kappa shape index (κ3) is 4.59. The lowest BCUT2D eigenvalue weighted by atomic mass is 10.0. The number of aryl methyl sites for hydroxylation is 1. The Morgan fingerprint density at radius 2 is 1.92 bits per heavy atom. The smallest absolute Gasteiger partial charge is 0.407 e. The topological polar surface area (TPSA) is 83.6 Å². The van der Waals surface area contributed by atoms with Crippen LogP contribution >= 0.6 is 11.5 Å². The second-order valence-electron chi connectivity index (χ2n) is 6.93. The molecule has 1 aliphatic heterocycles. The van der Waals surface area contributed by atoms with Gasteiger partial charge in [0, 0.05) is 26.2 Å². The van der Waals surface area contributed by atoms with Crippen molar-refractivity contribution in [3.05, 3.63) is 11.3 Å². The van der Waals surface area contributed by atoms with Gasteiger partial charge in [0.25, 0.3) is 5.91 Å². The minimum atomic E-state index is -0.506. The van der Waals surface area contributed by atoms with Crippen molar-refractivity contribution in [1.82, 2.24) is 14.6 Å². The molecule has 0 atom stereocenters. The van der Waals surface area contributed by atoms with Gasteiger partial charge in [0.2, 0.25) is 0 Å². The number of carbonyl (C=O) groups is 2. The number of ether oxygens (including phenoxy) is 1. The SMILES string of the molecule is CNc1snc(C)c1C(=O)N1CCC(NC(=O)OC(C)(C)C)CC1. The van der Waals surface area contributed by atoms with Crippen LogP contribution in [0.15, 0.2) is 0 Å². The maximum Gasteiger partial charge on any atom is 0.407 e. The van der Waals surface area contributed by atoms with Crippen molar-refractivity contribution < 1.29 is 14.3 Å². The van der Waals surface area contributed by atoms with Crippen molar-refractivity contribution in [3.8, 4) is 0 Å². The highest BCUT2D eigenvalue weighted by atomic mass is 32.1. The molecule has 0 saturated carbocycles. The summed E-state index contributed by atoms with van der Waals surface area (Å²) in [7, 11) is 1.79. The number of hydrogen-bond acceptors (Lipinski definition) is 6. The molecule has 1 aromatic rings. The van der Waals surface area contributed by atoms with Gasteiger partial charge in [-0.3, -0.25) is 4.79 Å². The summed E-state index contributed by atoms with van der Waals surface area (Å²) in [5.74, 6) is 0.00122. The Bertz CT molecular complexity index is 601. The van der Waals surface area contributed by atoms with Gasteiger partial charge in [-0.25, -0.2) is 4.79 Å². The molecule has 8 heteroatoms. The predicted octanol–water partition coefficient (Wildman–Crippen LogP) is 2.62. The Kier molecular flexibility index (Phi) is 5.69. The van der Waals surface area contributed by atoms with E-state index < -0.39 is 11.7 Å². The van der Waals surface area contributed by atoms with E-state index in [-0.39, 0.29) is 11.9 Å². The van der Waals surface area contributed by atoms with E-state index in [1.165, 1.54) is 11.5 Å². The first kappa shape index (κ1) is 18.5. The normalized spacial score (nSPS) is 16.0. The summed E-state index contributed by atoms with van der Waals surface area (Å²) in [6.45, 7) is 8.58. The molecule has 7 nitrogen and oxygen atoms in total. The number of nitrogens with zero attached hydrogens (tertiary/aromatic N) is 2. The maximum absolute atomic E-state index is 12.7. The van der Waals surface area contributed by atoms with E-state index >= 15 is 0 Å². The fraction of sp³-hybridized carbons (Fsp3) is 0.688. The zero-order valence-corrected chi connectivity index (χ0v) is 15.7. The average Bonchev–Trinajstić information content (AvgIpc) is 2.86. The molecule has 0 aromatic carbocycles. The van der Waals surface area contributed by atoms with Crippen LogP contribution < -0.4 is 10.6 Å². The van der Waals surface area contributed by atoms with Crippen LogP contribution in [-0.4, -0.2) is 53.1 Å². The number of amides is 2. The van der Waals surface area contributed by atoms with E-state index in [0.717, 1.165) is 23.5 Å². The van der Waals surface area contributed by atoms with Crippen LogP contribution in [0.2, 0.25) is 0 Å². The van der Waals surface area contributed by atoms with Gasteiger partial charge in [-0.1, -0.05) is 0 Å². The molecule has 0 radical (unpaired) electrons. The van der Waals surface area contributed by atoms with Crippen LogP contribution in [0.5, 0.6) is 0 Å². The Morgan fingerprint density at radius 3 is 2.46 bits per heavy atom. The van der Waals surface area contributed by atoms with E-state index in [9.17, 15) is 9.59 Å². The average molecular weight is 354 g/mol. The molecule has 1 aromatic heterocycles. The quantitative estimate of drug-likeness (QED) is 0.872. The zero-order chi connectivity index (χ0) is 17.9. The minimum Gasteiger partial charge on any atom is -0.444 e. The second-order valence-corrected chi connectivity index (χ2v) is 7.71. The number of piperidine rings is 1. The van der Waals surface area contributed by atoms with Gasteiger partial charge in [-0.15, -0.1) is 0 Å². The van der Waals surface area contributed by atoms with Gasteiger partial charge in [0.05, 0.1) is 11.3 Å². The third-order valence-electron chi connectivity index (χ3n) is 3.81. The number of aromatic nitrogens is 1. The van der Waals surface area contributed by atoms with Gasteiger partial charge < -0.3 is 20.3 Å². The lowest BCUT2D eigenvalue weighted by Crippen LogP contribution is -2.47. The first-order valence-electron chi connectivity index (χ1n) is 8.14. The highest BCUT2D eigenvalue weighted by Crippen LogP contribution is 2.26. The van der Waals surface area contributed by atoms with Gasteiger partial charge in [0.1, 0.15) is 10.6 Å². The largest absolute Gasteiger partial charge is 0.444 e. The molecule has 1 saturated heterocycles.